The highest BCUT2D eigenvalue weighted by molar-refractivity contribution is 6.17. The Labute approximate surface area is 116 Å². The van der Waals surface area contributed by atoms with Crippen LogP contribution in [-0.2, 0) is 12.9 Å². The van der Waals surface area contributed by atoms with Crippen molar-refractivity contribution in [2.75, 3.05) is 0 Å². The van der Waals surface area contributed by atoms with Gasteiger partial charge in [-0.3, -0.25) is 9.25 Å². The molecule has 0 saturated heterocycles. The maximum Gasteiger partial charge on any atom is 0.129 e. The Morgan fingerprint density at radius 1 is 1.26 bits per heavy atom. The van der Waals surface area contributed by atoms with Crippen LogP contribution in [0.2, 0.25) is 0 Å². The van der Waals surface area contributed by atoms with Crippen LogP contribution in [-0.4, -0.2) is 19.3 Å². The van der Waals surface area contributed by atoms with Gasteiger partial charge in [0.05, 0.1) is 28.3 Å². The normalized spacial score (nSPS) is 11.4. The number of hydrogen-bond acceptors (Lipinski definition) is 2. The van der Waals surface area contributed by atoms with E-state index in [2.05, 4.69) is 33.7 Å². The number of aromatic nitrogens is 4. The number of rotatable bonds is 2. The number of imidazole rings is 1. The molecule has 0 spiro atoms. The Morgan fingerprint density at radius 2 is 2.05 bits per heavy atom. The van der Waals surface area contributed by atoms with Crippen molar-refractivity contribution in [3.8, 4) is 5.69 Å². The molecule has 19 heavy (non-hydrogen) atoms. The zero-order chi connectivity index (χ0) is 13.6. The SMILES string of the molecule is Cc1nn(C)cc1-n1c(CCl)nc2c(C)cccc21. The fraction of sp³-hybridized carbons (Fsp3) is 0.286. The second-order valence-corrected chi connectivity index (χ2v) is 4.98. The van der Waals surface area contributed by atoms with E-state index in [-0.39, 0.29) is 0 Å². The van der Waals surface area contributed by atoms with Crippen LogP contribution in [0.25, 0.3) is 16.7 Å². The molecule has 5 heteroatoms. The number of aryl methyl sites for hydroxylation is 3. The number of halogens is 1. The second kappa shape index (κ2) is 4.38. The molecule has 4 nitrogen and oxygen atoms in total. The van der Waals surface area contributed by atoms with Crippen LogP contribution in [0.3, 0.4) is 0 Å². The Balaban J connectivity index is 2.39. The van der Waals surface area contributed by atoms with Crippen LogP contribution in [0.15, 0.2) is 24.4 Å². The lowest BCUT2D eigenvalue weighted by atomic mass is 10.2. The van der Waals surface area contributed by atoms with Gasteiger partial charge >= 0.3 is 0 Å². The van der Waals surface area contributed by atoms with Crippen molar-refractivity contribution < 1.29 is 0 Å². The predicted molar refractivity (Wildman–Crippen MR) is 76.9 cm³/mol. The van der Waals surface area contributed by atoms with E-state index >= 15 is 0 Å². The van der Waals surface area contributed by atoms with E-state index in [1.54, 1.807) is 0 Å². The highest BCUT2D eigenvalue weighted by Crippen LogP contribution is 2.26. The standard InChI is InChI=1S/C14H15ClN4/c1-9-5-4-6-11-14(9)16-13(7-15)19(11)12-8-18(3)17-10(12)2/h4-6,8H,7H2,1-3H3. The van der Waals surface area contributed by atoms with E-state index in [1.165, 1.54) is 0 Å². The summed E-state index contributed by atoms with van der Waals surface area (Å²) in [7, 11) is 1.92. The molecular weight excluding hydrogens is 260 g/mol. The van der Waals surface area contributed by atoms with Gasteiger partial charge in [-0.1, -0.05) is 12.1 Å². The van der Waals surface area contributed by atoms with Crippen molar-refractivity contribution in [2.45, 2.75) is 19.7 Å². The van der Waals surface area contributed by atoms with Gasteiger partial charge in [-0.2, -0.15) is 5.10 Å². The summed E-state index contributed by atoms with van der Waals surface area (Å²) in [6.45, 7) is 4.06. The molecule has 1 aromatic carbocycles. The molecule has 2 aromatic heterocycles. The number of benzene rings is 1. The maximum atomic E-state index is 6.05. The third kappa shape index (κ3) is 1.83. The van der Waals surface area contributed by atoms with Crippen LogP contribution in [0.1, 0.15) is 17.1 Å². The monoisotopic (exact) mass is 274 g/mol. The molecule has 0 unspecified atom stereocenters. The lowest BCUT2D eigenvalue weighted by Gasteiger charge is -2.05. The Morgan fingerprint density at radius 3 is 2.68 bits per heavy atom. The molecule has 98 valence electrons. The first kappa shape index (κ1) is 12.2. The highest BCUT2D eigenvalue weighted by Gasteiger charge is 2.16. The first-order valence-corrected chi connectivity index (χ1v) is 6.69. The predicted octanol–water partition coefficient (Wildman–Crippen LogP) is 3.11. The van der Waals surface area contributed by atoms with Gasteiger partial charge < -0.3 is 0 Å². The van der Waals surface area contributed by atoms with Gasteiger partial charge in [-0.25, -0.2) is 4.98 Å². The fourth-order valence-corrected chi connectivity index (χ4v) is 2.63. The van der Waals surface area contributed by atoms with Crippen LogP contribution < -0.4 is 0 Å². The molecular formula is C14H15ClN4. The zero-order valence-electron chi connectivity index (χ0n) is 11.2. The molecule has 0 radical (unpaired) electrons. The summed E-state index contributed by atoms with van der Waals surface area (Å²) in [5.74, 6) is 1.23. The minimum absolute atomic E-state index is 0.377. The van der Waals surface area contributed by atoms with Crippen molar-refractivity contribution >= 4 is 22.6 Å². The molecule has 3 rings (SSSR count). The van der Waals surface area contributed by atoms with Crippen LogP contribution in [0.4, 0.5) is 0 Å². The molecule has 0 fully saturated rings. The van der Waals surface area contributed by atoms with Gasteiger partial charge in [0.2, 0.25) is 0 Å². The number of alkyl halides is 1. The van der Waals surface area contributed by atoms with Gasteiger partial charge in [0.15, 0.2) is 0 Å². The number of nitrogens with zero attached hydrogens (tertiary/aromatic N) is 4. The average molecular weight is 275 g/mol. The summed E-state index contributed by atoms with van der Waals surface area (Å²) in [6, 6.07) is 6.17. The first-order chi connectivity index (χ1) is 9.11. The van der Waals surface area contributed by atoms with Crippen LogP contribution in [0, 0.1) is 13.8 Å². The highest BCUT2D eigenvalue weighted by atomic mass is 35.5. The quantitative estimate of drug-likeness (QED) is 0.673. The largest absolute Gasteiger partial charge is 0.292 e. The summed E-state index contributed by atoms with van der Waals surface area (Å²) in [6.07, 6.45) is 1.99. The maximum absolute atomic E-state index is 6.05. The molecule has 0 aliphatic rings. The van der Waals surface area contributed by atoms with Gasteiger partial charge in [-0.15, -0.1) is 11.6 Å². The van der Waals surface area contributed by atoms with Crippen molar-refractivity contribution in [1.82, 2.24) is 19.3 Å². The van der Waals surface area contributed by atoms with Crippen LogP contribution >= 0.6 is 11.6 Å². The summed E-state index contributed by atoms with van der Waals surface area (Å²) in [5.41, 5.74) is 5.23. The summed E-state index contributed by atoms with van der Waals surface area (Å²) in [4.78, 5) is 4.65. The van der Waals surface area contributed by atoms with E-state index in [1.807, 2.05) is 30.9 Å². The number of para-hydroxylation sites is 1. The van der Waals surface area contributed by atoms with Gasteiger partial charge in [-0.05, 0) is 25.5 Å². The lowest BCUT2D eigenvalue weighted by Crippen LogP contribution is -1.99. The molecule has 0 aliphatic carbocycles. The fourth-order valence-electron chi connectivity index (χ4n) is 2.45. The van der Waals surface area contributed by atoms with Gasteiger partial charge in [0.1, 0.15) is 5.82 Å². The van der Waals surface area contributed by atoms with Crippen molar-refractivity contribution in [3.05, 3.63) is 41.5 Å². The molecule has 2 heterocycles. The van der Waals surface area contributed by atoms with E-state index in [4.69, 9.17) is 11.6 Å². The Kier molecular flexibility index (Phi) is 2.82. The second-order valence-electron chi connectivity index (χ2n) is 4.71. The van der Waals surface area contributed by atoms with Gasteiger partial charge in [0.25, 0.3) is 0 Å². The van der Waals surface area contributed by atoms with E-state index in [0.717, 1.165) is 33.8 Å². The van der Waals surface area contributed by atoms with E-state index in [0.29, 0.717) is 5.88 Å². The van der Waals surface area contributed by atoms with Crippen molar-refractivity contribution in [3.63, 3.8) is 0 Å². The molecule has 0 bridgehead atoms. The van der Waals surface area contributed by atoms with Gasteiger partial charge in [0, 0.05) is 13.2 Å². The minimum atomic E-state index is 0.377. The molecule has 0 amide bonds. The van der Waals surface area contributed by atoms with E-state index in [9.17, 15) is 0 Å². The average Bonchev–Trinajstić information content (AvgIpc) is 2.90. The first-order valence-electron chi connectivity index (χ1n) is 6.15. The van der Waals surface area contributed by atoms with Crippen molar-refractivity contribution in [1.29, 1.82) is 0 Å². The topological polar surface area (TPSA) is 35.6 Å². The molecule has 0 saturated carbocycles. The lowest BCUT2D eigenvalue weighted by molar-refractivity contribution is 0.756. The Hall–Kier alpha value is -1.81. The number of fused-ring (bicyclic) bond motifs is 1. The smallest absolute Gasteiger partial charge is 0.129 e. The molecule has 0 N–H and O–H groups in total. The molecule has 0 atom stereocenters. The Bertz CT molecular complexity index is 754. The summed E-state index contributed by atoms with van der Waals surface area (Å²) < 4.78 is 3.90. The molecule has 0 aliphatic heterocycles. The minimum Gasteiger partial charge on any atom is -0.292 e. The van der Waals surface area contributed by atoms with Crippen molar-refractivity contribution in [2.24, 2.45) is 7.05 Å². The van der Waals surface area contributed by atoms with Crippen LogP contribution in [0.5, 0.6) is 0 Å². The number of hydrogen-bond donors (Lipinski definition) is 0. The zero-order valence-corrected chi connectivity index (χ0v) is 11.9. The summed E-state index contributed by atoms with van der Waals surface area (Å²) in [5, 5.41) is 4.40. The van der Waals surface area contributed by atoms with E-state index < -0.39 is 0 Å². The summed E-state index contributed by atoms with van der Waals surface area (Å²) >= 11 is 6.05. The molecule has 3 aromatic rings. The third-order valence-corrected chi connectivity index (χ3v) is 3.54. The third-order valence-electron chi connectivity index (χ3n) is 3.30.